The molecule has 6 nitrogen and oxygen atoms in total. The molecule has 1 fully saturated rings. The molecule has 0 unspecified atom stereocenters. The molecule has 4 heterocycles. The first-order chi connectivity index (χ1) is 13.6. The maximum Gasteiger partial charge on any atom is 0.158 e. The Hall–Kier alpha value is -2.93. The molecule has 3 aromatic heterocycles. The second kappa shape index (κ2) is 6.60. The predicted molar refractivity (Wildman–Crippen MR) is 107 cm³/mol. The van der Waals surface area contributed by atoms with Crippen LogP contribution in [0.25, 0.3) is 33.3 Å². The first-order valence-electron chi connectivity index (χ1n) is 9.60. The molecule has 0 saturated carbocycles. The Balaban J connectivity index is 1.59. The minimum atomic E-state index is -0.294. The number of nitrogens with zero attached hydrogens (tertiary/aromatic N) is 4. The summed E-state index contributed by atoms with van der Waals surface area (Å²) in [5, 5.41) is 12.6. The van der Waals surface area contributed by atoms with Crippen molar-refractivity contribution in [2.75, 3.05) is 13.1 Å². The number of hydrogen-bond acceptors (Lipinski definition) is 5. The number of benzene rings is 1. The number of aromatic nitrogens is 5. The van der Waals surface area contributed by atoms with Crippen LogP contribution in [-0.4, -0.2) is 38.2 Å². The summed E-state index contributed by atoms with van der Waals surface area (Å²) in [6.07, 6.45) is 2.01. The van der Waals surface area contributed by atoms with Gasteiger partial charge in [-0.1, -0.05) is 0 Å². The van der Waals surface area contributed by atoms with Crippen LogP contribution in [-0.2, 0) is 0 Å². The molecule has 1 saturated heterocycles. The third-order valence-electron chi connectivity index (χ3n) is 5.49. The van der Waals surface area contributed by atoms with Crippen molar-refractivity contribution in [2.24, 2.45) is 0 Å². The topological polar surface area (TPSA) is 79.4 Å². The summed E-state index contributed by atoms with van der Waals surface area (Å²) in [4.78, 5) is 12.2. The summed E-state index contributed by atoms with van der Waals surface area (Å²) in [7, 11) is 0. The maximum atomic E-state index is 15.0. The van der Waals surface area contributed by atoms with Crippen LogP contribution in [0.5, 0.6) is 0 Å². The van der Waals surface area contributed by atoms with E-state index < -0.39 is 0 Å². The van der Waals surface area contributed by atoms with Gasteiger partial charge in [0.15, 0.2) is 5.65 Å². The van der Waals surface area contributed by atoms with Gasteiger partial charge >= 0.3 is 0 Å². The lowest BCUT2D eigenvalue weighted by Crippen LogP contribution is -2.27. The van der Waals surface area contributed by atoms with Crippen molar-refractivity contribution in [3.05, 3.63) is 47.2 Å². The number of imidazole rings is 1. The van der Waals surface area contributed by atoms with E-state index >= 15 is 0 Å². The van der Waals surface area contributed by atoms with Gasteiger partial charge in [-0.3, -0.25) is 0 Å². The smallest absolute Gasteiger partial charge is 0.158 e. The summed E-state index contributed by atoms with van der Waals surface area (Å²) < 4.78 is 15.0. The van der Waals surface area contributed by atoms with E-state index in [2.05, 4.69) is 30.5 Å². The van der Waals surface area contributed by atoms with Gasteiger partial charge in [0.25, 0.3) is 0 Å². The fourth-order valence-corrected chi connectivity index (χ4v) is 3.99. The lowest BCUT2D eigenvalue weighted by atomic mass is 9.93. The molecule has 5 rings (SSSR count). The summed E-state index contributed by atoms with van der Waals surface area (Å²) >= 11 is 0. The van der Waals surface area contributed by atoms with E-state index in [1.165, 1.54) is 6.07 Å². The number of rotatable bonds is 2. The molecule has 0 spiro atoms. The van der Waals surface area contributed by atoms with Crippen molar-refractivity contribution in [1.29, 1.82) is 0 Å². The van der Waals surface area contributed by atoms with Crippen LogP contribution >= 0.6 is 0 Å². The summed E-state index contributed by atoms with van der Waals surface area (Å²) in [5.41, 5.74) is 5.35. The van der Waals surface area contributed by atoms with Gasteiger partial charge in [-0.15, -0.1) is 0 Å². The molecular formula is C21H21FN6. The van der Waals surface area contributed by atoms with Gasteiger partial charge in [0.2, 0.25) is 0 Å². The van der Waals surface area contributed by atoms with Crippen LogP contribution in [0.3, 0.4) is 0 Å². The van der Waals surface area contributed by atoms with Crippen LogP contribution in [0.2, 0.25) is 0 Å². The summed E-state index contributed by atoms with van der Waals surface area (Å²) in [5.74, 6) is 0.856. The Bertz CT molecular complexity index is 1190. The maximum absolute atomic E-state index is 15.0. The zero-order chi connectivity index (χ0) is 19.3. The van der Waals surface area contributed by atoms with E-state index in [1.807, 2.05) is 32.0 Å². The molecule has 1 aliphatic heterocycles. The van der Waals surface area contributed by atoms with Crippen molar-refractivity contribution in [1.82, 2.24) is 30.5 Å². The Morgan fingerprint density at radius 2 is 1.82 bits per heavy atom. The number of H-pyrrole nitrogens is 1. The number of fused-ring (bicyclic) bond motifs is 2. The fourth-order valence-electron chi connectivity index (χ4n) is 3.99. The first kappa shape index (κ1) is 17.2. The average Bonchev–Trinajstić information content (AvgIpc) is 3.09. The number of piperidine rings is 1. The number of aryl methyl sites for hydroxylation is 2. The van der Waals surface area contributed by atoms with Crippen molar-refractivity contribution in [3.8, 4) is 11.3 Å². The number of aromatic amines is 1. The van der Waals surface area contributed by atoms with Crippen LogP contribution in [0.4, 0.5) is 4.39 Å². The van der Waals surface area contributed by atoms with E-state index in [9.17, 15) is 4.39 Å². The highest BCUT2D eigenvalue weighted by molar-refractivity contribution is 5.86. The average molecular weight is 376 g/mol. The number of nitrogens with one attached hydrogen (secondary N) is 2. The van der Waals surface area contributed by atoms with Crippen LogP contribution < -0.4 is 5.32 Å². The Morgan fingerprint density at radius 3 is 2.64 bits per heavy atom. The van der Waals surface area contributed by atoms with Gasteiger partial charge in [0.05, 0.1) is 16.9 Å². The highest BCUT2D eigenvalue weighted by atomic mass is 19.1. The lowest BCUT2D eigenvalue weighted by molar-refractivity contribution is 0.451. The molecule has 7 heteroatoms. The van der Waals surface area contributed by atoms with Crippen LogP contribution in [0.1, 0.15) is 35.8 Å². The Labute approximate surface area is 161 Å². The van der Waals surface area contributed by atoms with Gasteiger partial charge < -0.3 is 10.3 Å². The summed E-state index contributed by atoms with van der Waals surface area (Å²) in [6, 6.07) is 7.18. The van der Waals surface area contributed by atoms with Gasteiger partial charge in [-0.25, -0.2) is 14.4 Å². The molecule has 0 aliphatic carbocycles. The SMILES string of the molecule is Cc1nc2c(C)cc(-c3cc(F)c4cc(C5CCNCC5)nnc4c3)nc2[nH]1. The monoisotopic (exact) mass is 376 g/mol. The second-order valence-corrected chi connectivity index (χ2v) is 7.53. The molecule has 0 radical (unpaired) electrons. The molecule has 0 bridgehead atoms. The lowest BCUT2D eigenvalue weighted by Gasteiger charge is -2.21. The number of pyridine rings is 1. The highest BCUT2D eigenvalue weighted by Crippen LogP contribution is 2.30. The van der Waals surface area contributed by atoms with Crippen molar-refractivity contribution < 1.29 is 4.39 Å². The molecular weight excluding hydrogens is 355 g/mol. The van der Waals surface area contributed by atoms with E-state index in [4.69, 9.17) is 0 Å². The van der Waals surface area contributed by atoms with Crippen molar-refractivity contribution >= 4 is 22.1 Å². The van der Waals surface area contributed by atoms with Gasteiger partial charge in [0, 0.05) is 16.9 Å². The Morgan fingerprint density at radius 1 is 1.00 bits per heavy atom. The van der Waals surface area contributed by atoms with Crippen molar-refractivity contribution in [2.45, 2.75) is 32.6 Å². The van der Waals surface area contributed by atoms with Crippen LogP contribution in [0.15, 0.2) is 24.3 Å². The van der Waals surface area contributed by atoms with Gasteiger partial charge in [0.1, 0.15) is 17.2 Å². The molecule has 1 aliphatic rings. The zero-order valence-corrected chi connectivity index (χ0v) is 15.9. The van der Waals surface area contributed by atoms with E-state index in [1.54, 1.807) is 0 Å². The standard InChI is InChI=1S/C21H21FN6/c1-11-7-17(26-21-20(11)24-12(2)25-21)14-8-16(22)15-10-18(27-28-19(15)9-14)13-3-5-23-6-4-13/h7-10,13,23H,3-6H2,1-2H3,(H,24,25,26). The minimum Gasteiger partial charge on any atom is -0.327 e. The van der Waals surface area contributed by atoms with Gasteiger partial charge in [-0.2, -0.15) is 10.2 Å². The fraction of sp³-hybridized carbons (Fsp3) is 0.333. The quantitative estimate of drug-likeness (QED) is 0.556. The molecule has 142 valence electrons. The molecule has 0 atom stereocenters. The minimum absolute atomic E-state index is 0.294. The predicted octanol–water partition coefficient (Wildman–Crippen LogP) is 3.79. The van der Waals surface area contributed by atoms with E-state index in [0.717, 1.165) is 48.5 Å². The molecule has 1 aromatic carbocycles. The molecule has 28 heavy (non-hydrogen) atoms. The zero-order valence-electron chi connectivity index (χ0n) is 15.9. The van der Waals surface area contributed by atoms with Crippen LogP contribution in [0, 0.1) is 19.7 Å². The molecule has 4 aromatic rings. The number of halogens is 1. The first-order valence-corrected chi connectivity index (χ1v) is 9.60. The number of hydrogen-bond donors (Lipinski definition) is 2. The van der Waals surface area contributed by atoms with E-state index in [-0.39, 0.29) is 5.82 Å². The van der Waals surface area contributed by atoms with E-state index in [0.29, 0.717) is 33.7 Å². The molecule has 2 N–H and O–H groups in total. The molecule has 0 amide bonds. The van der Waals surface area contributed by atoms with Crippen molar-refractivity contribution in [3.63, 3.8) is 0 Å². The second-order valence-electron chi connectivity index (χ2n) is 7.53. The van der Waals surface area contributed by atoms with Gasteiger partial charge in [-0.05, 0) is 69.6 Å². The highest BCUT2D eigenvalue weighted by Gasteiger charge is 2.19. The largest absolute Gasteiger partial charge is 0.327 e. The third-order valence-corrected chi connectivity index (χ3v) is 5.49. The third kappa shape index (κ3) is 2.92. The normalized spacial score (nSPS) is 15.5. The summed E-state index contributed by atoms with van der Waals surface area (Å²) in [6.45, 7) is 5.81. The Kier molecular flexibility index (Phi) is 4.05.